The molecule has 0 N–H and O–H groups in total. The monoisotopic (exact) mass is 358 g/mol. The number of aryl methyl sites for hydroxylation is 1. The topological polar surface area (TPSA) is 17.1 Å². The molecule has 0 fully saturated rings. The van der Waals surface area contributed by atoms with E-state index in [4.69, 9.17) is 0 Å². The number of allylic oxidation sites excluding steroid dienone is 2. The van der Waals surface area contributed by atoms with E-state index in [1.807, 2.05) is 65.0 Å². The van der Waals surface area contributed by atoms with Crippen LogP contribution in [0.2, 0.25) is 0 Å². The molecule has 2 rings (SSSR count). The minimum Gasteiger partial charge on any atom is -0.295 e. The van der Waals surface area contributed by atoms with Crippen LogP contribution >= 0.6 is 11.3 Å². The molecule has 138 valence electrons. The maximum absolute atomic E-state index is 10.8. The fourth-order valence-corrected chi connectivity index (χ4v) is 2.05. The lowest BCUT2D eigenvalue weighted by molar-refractivity contribution is 0.101. The number of benzene rings is 1. The van der Waals surface area contributed by atoms with Crippen LogP contribution < -0.4 is 0 Å². The van der Waals surface area contributed by atoms with Crippen molar-refractivity contribution in [1.82, 2.24) is 0 Å². The van der Waals surface area contributed by atoms with Crippen molar-refractivity contribution in [3.8, 4) is 0 Å². The van der Waals surface area contributed by atoms with Gasteiger partial charge in [0.05, 0.1) is 0 Å². The van der Waals surface area contributed by atoms with Gasteiger partial charge in [-0.15, -0.1) is 17.9 Å². The zero-order valence-corrected chi connectivity index (χ0v) is 17.8. The third-order valence-corrected chi connectivity index (χ3v) is 4.00. The van der Waals surface area contributed by atoms with E-state index >= 15 is 0 Å². The van der Waals surface area contributed by atoms with E-state index in [1.165, 1.54) is 10.5 Å². The van der Waals surface area contributed by atoms with Crippen LogP contribution in [0.25, 0.3) is 5.57 Å². The Labute approximate surface area is 159 Å². The molecule has 0 amide bonds. The first-order valence-electron chi connectivity index (χ1n) is 8.69. The van der Waals surface area contributed by atoms with E-state index in [1.54, 1.807) is 18.3 Å². The molecule has 1 aromatic carbocycles. The Balaban J connectivity index is 0. The van der Waals surface area contributed by atoms with E-state index in [2.05, 4.69) is 31.5 Å². The zero-order valence-electron chi connectivity index (χ0n) is 17.0. The van der Waals surface area contributed by atoms with Crippen LogP contribution in [0.1, 0.15) is 68.8 Å². The van der Waals surface area contributed by atoms with Gasteiger partial charge in [-0.2, -0.15) is 0 Å². The van der Waals surface area contributed by atoms with Gasteiger partial charge in [-0.1, -0.05) is 62.8 Å². The van der Waals surface area contributed by atoms with Crippen LogP contribution in [0.5, 0.6) is 0 Å². The Hall–Kier alpha value is -1.93. The molecule has 2 aromatic rings. The fourth-order valence-electron chi connectivity index (χ4n) is 1.39. The Bertz CT molecular complexity index is 621. The van der Waals surface area contributed by atoms with E-state index in [0.29, 0.717) is 0 Å². The van der Waals surface area contributed by atoms with Crippen LogP contribution in [-0.4, -0.2) is 5.78 Å². The summed E-state index contributed by atoms with van der Waals surface area (Å²) in [6, 6.07) is 11.7. The van der Waals surface area contributed by atoms with E-state index in [0.717, 1.165) is 23.1 Å². The maximum atomic E-state index is 10.8. The molecule has 0 atom stereocenters. The molecule has 2 heteroatoms. The number of rotatable bonds is 3. The molecular formula is C23H34OS. The lowest BCUT2D eigenvalue weighted by Crippen LogP contribution is -1.90. The number of hydrogen-bond acceptors (Lipinski definition) is 2. The van der Waals surface area contributed by atoms with Crippen LogP contribution in [0, 0.1) is 6.92 Å². The fraction of sp³-hybridized carbons (Fsp3) is 0.348. The van der Waals surface area contributed by atoms with Gasteiger partial charge in [0.1, 0.15) is 0 Å². The highest BCUT2D eigenvalue weighted by Gasteiger charge is 1.95. The van der Waals surface area contributed by atoms with Gasteiger partial charge in [-0.25, -0.2) is 0 Å². The van der Waals surface area contributed by atoms with E-state index in [-0.39, 0.29) is 5.78 Å². The highest BCUT2D eigenvalue weighted by molar-refractivity contribution is 7.11. The molecule has 1 nitrogen and oxygen atoms in total. The van der Waals surface area contributed by atoms with Crippen molar-refractivity contribution in [3.05, 3.63) is 76.5 Å². The van der Waals surface area contributed by atoms with Crippen LogP contribution in [0.3, 0.4) is 0 Å². The van der Waals surface area contributed by atoms with Crippen molar-refractivity contribution >= 4 is 22.7 Å². The molecule has 0 spiro atoms. The summed E-state index contributed by atoms with van der Waals surface area (Å²) >= 11 is 1.73. The molecule has 0 saturated carbocycles. The second-order valence-electron chi connectivity index (χ2n) is 5.49. The normalized spacial score (nSPS) is 8.44. The lowest BCUT2D eigenvalue weighted by Gasteiger charge is -1.94. The second kappa shape index (κ2) is 15.6. The molecule has 0 aliphatic carbocycles. The van der Waals surface area contributed by atoms with Crippen molar-refractivity contribution < 1.29 is 4.79 Å². The number of thiophene rings is 1. The van der Waals surface area contributed by atoms with Gasteiger partial charge in [0, 0.05) is 10.4 Å². The number of ketones is 1. The van der Waals surface area contributed by atoms with Crippen molar-refractivity contribution in [3.63, 3.8) is 0 Å². The molecule has 0 radical (unpaired) electrons. The van der Waals surface area contributed by atoms with Gasteiger partial charge < -0.3 is 0 Å². The van der Waals surface area contributed by atoms with Gasteiger partial charge in [0.15, 0.2) is 5.78 Å². The summed E-state index contributed by atoms with van der Waals surface area (Å²) in [6.45, 7) is 21.2. The third-order valence-electron chi connectivity index (χ3n) is 2.97. The molecule has 1 heterocycles. The molecule has 1 aromatic heterocycles. The Kier molecular flexibility index (Phi) is 15.8. The lowest BCUT2D eigenvalue weighted by atomic mass is 10.1. The first kappa shape index (κ1) is 25.3. The summed E-state index contributed by atoms with van der Waals surface area (Å²) in [5, 5.41) is 2.06. The standard InChI is InChI=1S/C9H10O.C7H8S.C5H10.C2H6/c1-7-4-3-5-9(6-7)8(2)10;1-6(2)7-4-3-5-8-7;1-4-5(2)3;1-2/h3-6H,1-2H3;3-5H,1H2,2H3;2,4H2,1,3H3;1-2H3. The van der Waals surface area contributed by atoms with Gasteiger partial charge in [0.25, 0.3) is 0 Å². The molecule has 0 aliphatic rings. The summed E-state index contributed by atoms with van der Waals surface area (Å²) in [6.07, 6.45) is 1.11. The predicted octanol–water partition coefficient (Wildman–Crippen LogP) is 7.98. The van der Waals surface area contributed by atoms with Gasteiger partial charge in [-0.3, -0.25) is 4.79 Å². The Morgan fingerprint density at radius 2 is 1.60 bits per heavy atom. The van der Waals surface area contributed by atoms with Crippen molar-refractivity contribution in [1.29, 1.82) is 0 Å². The summed E-state index contributed by atoms with van der Waals surface area (Å²) in [5.41, 5.74) is 4.33. The van der Waals surface area contributed by atoms with E-state index < -0.39 is 0 Å². The molecule has 0 saturated heterocycles. The zero-order chi connectivity index (χ0) is 19.8. The average Bonchev–Trinajstić information content (AvgIpc) is 3.12. The van der Waals surface area contributed by atoms with Gasteiger partial charge >= 0.3 is 0 Å². The third kappa shape index (κ3) is 14.1. The first-order valence-corrected chi connectivity index (χ1v) is 9.57. The molecule has 25 heavy (non-hydrogen) atoms. The summed E-state index contributed by atoms with van der Waals surface area (Å²) in [7, 11) is 0. The average molecular weight is 359 g/mol. The quantitative estimate of drug-likeness (QED) is 0.401. The molecule has 0 unspecified atom stereocenters. The van der Waals surface area contributed by atoms with Crippen molar-refractivity contribution in [2.24, 2.45) is 0 Å². The summed E-state index contributed by atoms with van der Waals surface area (Å²) < 4.78 is 0. The molecular weight excluding hydrogens is 324 g/mol. The van der Waals surface area contributed by atoms with E-state index in [9.17, 15) is 4.79 Å². The van der Waals surface area contributed by atoms with Crippen LogP contribution in [0.15, 0.2) is 60.5 Å². The summed E-state index contributed by atoms with van der Waals surface area (Å²) in [5.74, 6) is 0.128. The molecule has 0 aliphatic heterocycles. The second-order valence-corrected chi connectivity index (χ2v) is 6.44. The number of Topliss-reactive ketones (excluding diaryl/α,β-unsaturated/α-hetero) is 1. The number of carbonyl (C=O) groups excluding carboxylic acids is 1. The Morgan fingerprint density at radius 3 is 1.84 bits per heavy atom. The first-order chi connectivity index (χ1) is 11.8. The Morgan fingerprint density at radius 1 is 1.04 bits per heavy atom. The van der Waals surface area contributed by atoms with Gasteiger partial charge in [-0.05, 0) is 57.2 Å². The van der Waals surface area contributed by atoms with Gasteiger partial charge in [0.2, 0.25) is 0 Å². The van der Waals surface area contributed by atoms with Crippen LogP contribution in [-0.2, 0) is 0 Å². The van der Waals surface area contributed by atoms with Crippen molar-refractivity contribution in [2.45, 2.75) is 54.9 Å². The number of carbonyl (C=O) groups is 1. The van der Waals surface area contributed by atoms with Crippen molar-refractivity contribution in [2.75, 3.05) is 0 Å². The van der Waals surface area contributed by atoms with Crippen LogP contribution in [0.4, 0.5) is 0 Å². The minimum atomic E-state index is 0.128. The maximum Gasteiger partial charge on any atom is 0.159 e. The SMILES string of the molecule is C=C(C)CC.C=C(C)c1cccs1.CC.CC(=O)c1cccc(C)c1. The highest BCUT2D eigenvalue weighted by atomic mass is 32.1. The number of hydrogen-bond donors (Lipinski definition) is 0. The predicted molar refractivity (Wildman–Crippen MR) is 117 cm³/mol. The minimum absolute atomic E-state index is 0.128. The molecule has 0 bridgehead atoms. The smallest absolute Gasteiger partial charge is 0.159 e. The highest BCUT2D eigenvalue weighted by Crippen LogP contribution is 2.16. The largest absolute Gasteiger partial charge is 0.295 e. The summed E-state index contributed by atoms with van der Waals surface area (Å²) in [4.78, 5) is 12.1.